The largest absolute Gasteiger partial charge is 1.00 e. The van der Waals surface area contributed by atoms with Gasteiger partial charge in [0.1, 0.15) is 30.8 Å². The Labute approximate surface area is 206 Å². The Kier molecular flexibility index (Phi) is 16.6. The molecule has 0 saturated heterocycles. The monoisotopic (exact) mass is 614 g/mol. The van der Waals surface area contributed by atoms with Crippen LogP contribution in [0, 0.1) is 0 Å². The molecule has 0 N–H and O–H groups in total. The summed E-state index contributed by atoms with van der Waals surface area (Å²) in [6.07, 6.45) is 28.1. The van der Waals surface area contributed by atoms with Crippen molar-refractivity contribution in [2.45, 2.75) is 90.1 Å². The van der Waals surface area contributed by atoms with Crippen LogP contribution in [0.15, 0.2) is 37.4 Å². The van der Waals surface area contributed by atoms with Crippen LogP contribution in [0.1, 0.15) is 83.6 Å². The van der Waals surface area contributed by atoms with E-state index in [4.69, 9.17) is 0 Å². The summed E-state index contributed by atoms with van der Waals surface area (Å²) in [4.78, 5) is 0. The van der Waals surface area contributed by atoms with Crippen LogP contribution in [0.2, 0.25) is 0 Å². The van der Waals surface area contributed by atoms with Crippen molar-refractivity contribution in [2.75, 3.05) is 0 Å². The lowest BCUT2D eigenvalue weighted by Crippen LogP contribution is -3.00. The van der Waals surface area contributed by atoms with Gasteiger partial charge in [0.2, 0.25) is 12.7 Å². The van der Waals surface area contributed by atoms with Crippen molar-refractivity contribution >= 4 is 0 Å². The molecule has 162 valence electrons. The molecule has 1 unspecified atom stereocenters. The first-order valence-electron chi connectivity index (χ1n) is 10.7. The fourth-order valence-corrected chi connectivity index (χ4v) is 3.79. The second-order valence-electron chi connectivity index (χ2n) is 7.90. The molecular weight excluding hydrogens is 574 g/mol. The molecule has 0 saturated carbocycles. The van der Waals surface area contributed by atoms with Crippen molar-refractivity contribution in [3.8, 4) is 0 Å². The van der Waals surface area contributed by atoms with E-state index in [0.29, 0.717) is 6.04 Å². The van der Waals surface area contributed by atoms with Crippen LogP contribution in [-0.4, -0.2) is 9.13 Å². The first kappa shape index (κ1) is 27.9. The van der Waals surface area contributed by atoms with Crippen LogP contribution in [0.3, 0.4) is 0 Å². The molecule has 0 aliphatic heterocycles. The van der Waals surface area contributed by atoms with E-state index >= 15 is 0 Å². The minimum Gasteiger partial charge on any atom is -1.00 e. The van der Waals surface area contributed by atoms with Gasteiger partial charge in [0.15, 0.2) is 0 Å². The van der Waals surface area contributed by atoms with Gasteiger partial charge in [-0.25, -0.2) is 18.3 Å². The lowest BCUT2D eigenvalue weighted by molar-refractivity contribution is -0.671. The Morgan fingerprint density at radius 2 is 1.29 bits per heavy atom. The Morgan fingerprint density at radius 3 is 1.86 bits per heavy atom. The second kappa shape index (κ2) is 16.7. The van der Waals surface area contributed by atoms with Gasteiger partial charge < -0.3 is 48.0 Å². The van der Waals surface area contributed by atoms with Crippen LogP contribution in [0.5, 0.6) is 0 Å². The highest BCUT2D eigenvalue weighted by atomic mass is 127. The van der Waals surface area contributed by atoms with Crippen LogP contribution in [0.4, 0.5) is 0 Å². The van der Waals surface area contributed by atoms with E-state index in [0.717, 1.165) is 6.54 Å². The Bertz CT molecular complexity index is 609. The smallest absolute Gasteiger partial charge is 0.243 e. The van der Waals surface area contributed by atoms with Gasteiger partial charge in [-0.05, 0) is 25.7 Å². The molecule has 1 atom stereocenters. The fraction of sp³-hybridized carbons (Fsp3) is 0.727. The summed E-state index contributed by atoms with van der Waals surface area (Å²) in [5.74, 6) is 0. The highest BCUT2D eigenvalue weighted by molar-refractivity contribution is 4.76. The van der Waals surface area contributed by atoms with Gasteiger partial charge in [0.25, 0.3) is 0 Å². The van der Waals surface area contributed by atoms with E-state index < -0.39 is 0 Å². The third-order valence-corrected chi connectivity index (χ3v) is 5.38. The van der Waals surface area contributed by atoms with Crippen molar-refractivity contribution in [3.63, 3.8) is 0 Å². The molecular formula is C22H40I2N4. The summed E-state index contributed by atoms with van der Waals surface area (Å²) < 4.78 is 9.00. The molecule has 0 amide bonds. The lowest BCUT2D eigenvalue weighted by atomic mass is 10.0. The van der Waals surface area contributed by atoms with Crippen molar-refractivity contribution in [1.29, 1.82) is 0 Å². The minimum atomic E-state index is 0. The average molecular weight is 614 g/mol. The van der Waals surface area contributed by atoms with Crippen molar-refractivity contribution in [3.05, 3.63) is 37.4 Å². The number of nitrogens with zero attached hydrogens (tertiary/aromatic N) is 4. The molecule has 6 heteroatoms. The quantitative estimate of drug-likeness (QED) is 0.140. The summed E-state index contributed by atoms with van der Waals surface area (Å²) in [7, 11) is 4.20. The number of halogens is 2. The summed E-state index contributed by atoms with van der Waals surface area (Å²) in [5, 5.41) is 0. The Balaban J connectivity index is 0.00000364. The summed E-state index contributed by atoms with van der Waals surface area (Å²) in [6.45, 7) is 3.40. The zero-order chi connectivity index (χ0) is 18.6. The zero-order valence-electron chi connectivity index (χ0n) is 18.1. The lowest BCUT2D eigenvalue weighted by Gasteiger charge is -2.13. The second-order valence-corrected chi connectivity index (χ2v) is 7.90. The van der Waals surface area contributed by atoms with Crippen molar-refractivity contribution in [2.24, 2.45) is 14.1 Å². The maximum Gasteiger partial charge on any atom is 0.243 e. The number of aryl methyl sites for hydroxylation is 3. The molecule has 2 aromatic rings. The zero-order valence-corrected chi connectivity index (χ0v) is 22.4. The molecule has 0 radical (unpaired) electrons. The third-order valence-electron chi connectivity index (χ3n) is 5.38. The maximum absolute atomic E-state index is 2.43. The molecule has 0 aliphatic rings. The van der Waals surface area contributed by atoms with Gasteiger partial charge in [-0.15, -0.1) is 0 Å². The van der Waals surface area contributed by atoms with E-state index in [1.54, 1.807) is 0 Å². The molecule has 2 rings (SSSR count). The first-order valence-corrected chi connectivity index (χ1v) is 10.7. The molecule has 2 aromatic heterocycles. The van der Waals surface area contributed by atoms with Gasteiger partial charge in [-0.1, -0.05) is 51.9 Å². The van der Waals surface area contributed by atoms with E-state index in [9.17, 15) is 0 Å². The normalized spacial score (nSPS) is 11.7. The molecule has 2 heterocycles. The van der Waals surface area contributed by atoms with E-state index in [2.05, 4.69) is 76.7 Å². The number of unbranched alkanes of at least 4 members (excludes halogenated alkanes) is 7. The number of hydrogen-bond donors (Lipinski definition) is 0. The topological polar surface area (TPSA) is 17.6 Å². The van der Waals surface area contributed by atoms with Crippen LogP contribution in [0.25, 0.3) is 0 Å². The van der Waals surface area contributed by atoms with E-state index in [-0.39, 0.29) is 48.0 Å². The van der Waals surface area contributed by atoms with E-state index in [1.807, 2.05) is 0 Å². The Morgan fingerprint density at radius 1 is 0.714 bits per heavy atom. The average Bonchev–Trinajstić information content (AvgIpc) is 3.24. The molecule has 0 aromatic carbocycles. The van der Waals surface area contributed by atoms with Crippen LogP contribution in [-0.2, 0) is 20.6 Å². The van der Waals surface area contributed by atoms with Crippen LogP contribution < -0.4 is 57.1 Å². The minimum absolute atomic E-state index is 0. The van der Waals surface area contributed by atoms with Gasteiger partial charge in [0, 0.05) is 0 Å². The first-order chi connectivity index (χ1) is 12.7. The summed E-state index contributed by atoms with van der Waals surface area (Å²) in [6, 6.07) is 0.639. The molecule has 28 heavy (non-hydrogen) atoms. The summed E-state index contributed by atoms with van der Waals surface area (Å²) in [5.41, 5.74) is 0. The van der Waals surface area contributed by atoms with Gasteiger partial charge in [-0.2, -0.15) is 0 Å². The SMILES string of the molecule is CCCCCCCCCCC(CCCn1cc[n+](C)c1)n1cc[n+](C)c1.[I-].[I-]. The highest BCUT2D eigenvalue weighted by Crippen LogP contribution is 2.22. The Hall–Kier alpha value is -0.120. The third kappa shape index (κ3) is 11.2. The van der Waals surface area contributed by atoms with Crippen molar-refractivity contribution < 1.29 is 57.1 Å². The van der Waals surface area contributed by atoms with Gasteiger partial charge >= 0.3 is 0 Å². The van der Waals surface area contributed by atoms with E-state index in [1.165, 1.54) is 70.6 Å². The summed E-state index contributed by atoms with van der Waals surface area (Å²) >= 11 is 0. The van der Waals surface area contributed by atoms with Gasteiger partial charge in [0.05, 0.1) is 20.6 Å². The number of imidazole rings is 2. The molecule has 0 bridgehead atoms. The molecule has 0 fully saturated rings. The standard InChI is InChI=1S/C22H40N4.2HI/c1-4-5-6-7-8-9-10-11-13-22(26-19-17-24(3)21-26)14-12-15-25-18-16-23(2)20-25;;/h16-22H,4-15H2,1-3H3;2*1H/q+2;;/p-2. The molecule has 0 spiro atoms. The number of aromatic nitrogens is 4. The predicted octanol–water partition coefficient (Wildman–Crippen LogP) is -1.50. The molecule has 0 aliphatic carbocycles. The predicted molar refractivity (Wildman–Crippen MR) is 107 cm³/mol. The molecule has 4 nitrogen and oxygen atoms in total. The fourth-order valence-electron chi connectivity index (χ4n) is 3.79. The van der Waals surface area contributed by atoms with Crippen molar-refractivity contribution in [1.82, 2.24) is 9.13 Å². The number of hydrogen-bond acceptors (Lipinski definition) is 0. The van der Waals surface area contributed by atoms with Gasteiger partial charge in [-0.3, -0.25) is 0 Å². The maximum atomic E-state index is 2.43. The van der Waals surface area contributed by atoms with Crippen LogP contribution >= 0.6 is 0 Å². The number of rotatable bonds is 14. The highest BCUT2D eigenvalue weighted by Gasteiger charge is 2.16.